The van der Waals surface area contributed by atoms with Gasteiger partial charge in [0.05, 0.1) is 45.8 Å². The number of aromatic nitrogens is 1. The fourth-order valence-electron chi connectivity index (χ4n) is 5.86. The third-order valence-corrected chi connectivity index (χ3v) is 8.34. The van der Waals surface area contributed by atoms with Crippen LogP contribution in [0.3, 0.4) is 0 Å². The van der Waals surface area contributed by atoms with Crippen LogP contribution in [-0.2, 0) is 9.53 Å². The molecule has 0 saturated carbocycles. The van der Waals surface area contributed by atoms with Crippen molar-refractivity contribution in [3.05, 3.63) is 117 Å². The lowest BCUT2D eigenvalue weighted by Crippen LogP contribution is -2.52. The average molecular weight is 697 g/mol. The van der Waals surface area contributed by atoms with Gasteiger partial charge in [-0.1, -0.05) is 18.2 Å². The van der Waals surface area contributed by atoms with Gasteiger partial charge in [-0.2, -0.15) is 0 Å². The second-order valence-electron chi connectivity index (χ2n) is 11.4. The third-order valence-electron chi connectivity index (χ3n) is 8.34. The number of rotatable bonds is 14. The molecule has 16 nitrogen and oxygen atoms in total. The van der Waals surface area contributed by atoms with E-state index in [-0.39, 0.29) is 69.7 Å². The summed E-state index contributed by atoms with van der Waals surface area (Å²) in [6.07, 6.45) is 2.98. The molecule has 1 aliphatic heterocycles. The molecule has 3 aromatic carbocycles. The monoisotopic (exact) mass is 696 g/mol. The third kappa shape index (κ3) is 7.40. The van der Waals surface area contributed by atoms with Gasteiger partial charge in [0, 0.05) is 62.2 Å². The molecule has 0 radical (unpaired) electrons. The number of hydrogen-bond donors (Lipinski definition) is 2. The van der Waals surface area contributed by atoms with E-state index in [1.165, 1.54) is 35.6 Å². The summed E-state index contributed by atoms with van der Waals surface area (Å²) < 4.78 is 17.2. The maximum absolute atomic E-state index is 13.7. The number of anilines is 1. The van der Waals surface area contributed by atoms with Gasteiger partial charge < -0.3 is 34.0 Å². The minimum absolute atomic E-state index is 0.0327. The summed E-state index contributed by atoms with van der Waals surface area (Å²) in [7, 11) is 0. The lowest BCUT2D eigenvalue weighted by atomic mass is 10.0. The molecule has 16 heteroatoms. The number of nitrogens with zero attached hydrogens (tertiary/aromatic N) is 4. The van der Waals surface area contributed by atoms with Crippen molar-refractivity contribution >= 4 is 45.6 Å². The molecule has 0 atom stereocenters. The molecule has 262 valence electrons. The minimum atomic E-state index is -0.739. The Kier molecular flexibility index (Phi) is 10.3. The van der Waals surface area contributed by atoms with Crippen LogP contribution in [0.15, 0.2) is 89.7 Å². The van der Waals surface area contributed by atoms with E-state index in [0.29, 0.717) is 33.5 Å². The lowest BCUT2D eigenvalue weighted by Gasteiger charge is -2.34. The van der Waals surface area contributed by atoms with Crippen LogP contribution in [0.2, 0.25) is 0 Å². The van der Waals surface area contributed by atoms with Crippen LogP contribution < -0.4 is 10.1 Å². The number of fused-ring (bicyclic) bond motifs is 1. The number of aromatic amines is 1. The molecule has 51 heavy (non-hydrogen) atoms. The van der Waals surface area contributed by atoms with Crippen molar-refractivity contribution in [1.29, 1.82) is 0 Å². The van der Waals surface area contributed by atoms with Crippen LogP contribution in [0.5, 0.6) is 5.75 Å². The number of amides is 2. The molecule has 1 aliphatic rings. The normalized spacial score (nSPS) is 12.9. The topological polar surface area (TPSA) is 203 Å². The minimum Gasteiger partial charge on any atom is -0.490 e. The molecule has 1 fully saturated rings. The molecule has 0 aliphatic carbocycles. The molecule has 2 N–H and O–H groups in total. The molecule has 0 unspecified atom stereocenters. The highest BCUT2D eigenvalue weighted by atomic mass is 16.6. The molecule has 3 heterocycles. The van der Waals surface area contributed by atoms with Gasteiger partial charge >= 0.3 is 0 Å². The Morgan fingerprint density at radius 1 is 0.824 bits per heavy atom. The molecule has 5 aromatic rings. The molecule has 2 amide bonds. The number of carbonyl (C=O) groups is 3. The predicted octanol–water partition coefficient (Wildman–Crippen LogP) is 4.92. The maximum atomic E-state index is 13.7. The number of nitrogens with one attached hydrogen (secondary N) is 2. The Bertz CT molecular complexity index is 2040. The number of benzene rings is 3. The van der Waals surface area contributed by atoms with E-state index in [9.17, 15) is 34.6 Å². The summed E-state index contributed by atoms with van der Waals surface area (Å²) in [4.78, 5) is 67.6. The van der Waals surface area contributed by atoms with Crippen LogP contribution in [0, 0.1) is 20.2 Å². The van der Waals surface area contributed by atoms with E-state index in [2.05, 4.69) is 10.3 Å². The second kappa shape index (κ2) is 15.3. The predicted molar refractivity (Wildman–Crippen MR) is 184 cm³/mol. The van der Waals surface area contributed by atoms with Crippen molar-refractivity contribution in [2.75, 3.05) is 57.9 Å². The average Bonchev–Trinajstić information content (AvgIpc) is 3.85. The van der Waals surface area contributed by atoms with Crippen LogP contribution in [0.4, 0.5) is 17.1 Å². The van der Waals surface area contributed by atoms with Gasteiger partial charge in [0.1, 0.15) is 18.1 Å². The van der Waals surface area contributed by atoms with Crippen molar-refractivity contribution < 1.29 is 38.1 Å². The molecular formula is C35H32N6O10. The summed E-state index contributed by atoms with van der Waals surface area (Å²) >= 11 is 0. The number of Topliss-reactive ketones (excluding diaryl/α,β-unsaturated/α-hetero) is 1. The Morgan fingerprint density at radius 3 is 2.20 bits per heavy atom. The first kappa shape index (κ1) is 34.3. The van der Waals surface area contributed by atoms with E-state index in [4.69, 9.17) is 13.9 Å². The largest absolute Gasteiger partial charge is 0.490 e. The van der Waals surface area contributed by atoms with Crippen molar-refractivity contribution in [3.8, 4) is 17.1 Å². The van der Waals surface area contributed by atoms with Gasteiger partial charge in [0.25, 0.3) is 29.0 Å². The summed E-state index contributed by atoms with van der Waals surface area (Å²) in [5, 5.41) is 25.8. The van der Waals surface area contributed by atoms with Gasteiger partial charge in [-0.25, -0.2) is 0 Å². The highest BCUT2D eigenvalue weighted by Crippen LogP contribution is 2.37. The summed E-state index contributed by atoms with van der Waals surface area (Å²) in [6.45, 7) is 1.16. The molecule has 0 spiro atoms. The zero-order valence-electron chi connectivity index (χ0n) is 27.1. The molecular weight excluding hydrogens is 664 g/mol. The summed E-state index contributed by atoms with van der Waals surface area (Å²) in [6, 6.07) is 19.4. The van der Waals surface area contributed by atoms with E-state index < -0.39 is 32.9 Å². The second-order valence-corrected chi connectivity index (χ2v) is 11.4. The number of nitro groups is 2. The molecule has 1 saturated heterocycles. The molecule has 2 aromatic heterocycles. The number of furan rings is 1. The molecule has 0 bridgehead atoms. The number of ketones is 1. The van der Waals surface area contributed by atoms with Gasteiger partial charge in [-0.15, -0.1) is 0 Å². The number of nitro benzene ring substituents is 2. The van der Waals surface area contributed by atoms with E-state index >= 15 is 0 Å². The van der Waals surface area contributed by atoms with Gasteiger partial charge in [0.15, 0.2) is 5.69 Å². The van der Waals surface area contributed by atoms with Crippen molar-refractivity contribution in [1.82, 2.24) is 14.8 Å². The summed E-state index contributed by atoms with van der Waals surface area (Å²) in [5.74, 6) is -0.730. The van der Waals surface area contributed by atoms with Crippen LogP contribution in [-0.4, -0.2) is 94.8 Å². The lowest BCUT2D eigenvalue weighted by molar-refractivity contribution is -0.392. The van der Waals surface area contributed by atoms with E-state index in [0.717, 1.165) is 0 Å². The van der Waals surface area contributed by atoms with E-state index in [1.807, 2.05) is 6.07 Å². The zero-order valence-corrected chi connectivity index (χ0v) is 27.1. The quantitative estimate of drug-likeness (QED) is 0.0524. The Labute approximate surface area is 289 Å². The number of ether oxygens (including phenoxy) is 2. The Morgan fingerprint density at radius 2 is 1.53 bits per heavy atom. The highest BCUT2D eigenvalue weighted by molar-refractivity contribution is 6.45. The number of H-pyrrole nitrogens is 1. The number of para-hydroxylation sites is 1. The standard InChI is InChI=1S/C35H32N6O10/c42-33(35(44)39-16-14-38(15-17-39)34(43)23-6-2-1-3-7-23)25-22-37-31-24(28-10-5-18-50-28)11-12-29(30(25)31)51-21-20-49-19-13-36-32-26(40(45)46)8-4-9-27(32)41(47)48/h1-12,18,22,36-37H,13-17,19-21H2. The van der Waals surface area contributed by atoms with Crippen LogP contribution in [0.25, 0.3) is 22.2 Å². The maximum Gasteiger partial charge on any atom is 0.299 e. The van der Waals surface area contributed by atoms with Crippen LogP contribution >= 0.6 is 0 Å². The summed E-state index contributed by atoms with van der Waals surface area (Å²) in [5.41, 5.74) is 0.765. The fraction of sp³-hybridized carbons (Fsp3) is 0.229. The number of piperazine rings is 1. The fourth-order valence-corrected chi connectivity index (χ4v) is 5.86. The Balaban J connectivity index is 1.11. The molecule has 6 rings (SSSR count). The van der Waals surface area contributed by atoms with E-state index in [1.54, 1.807) is 53.4 Å². The number of carbonyl (C=O) groups excluding carboxylic acids is 3. The Hall–Kier alpha value is -6.55. The number of hydrogen-bond acceptors (Lipinski definition) is 11. The zero-order chi connectivity index (χ0) is 35.9. The van der Waals surface area contributed by atoms with Crippen molar-refractivity contribution in [2.24, 2.45) is 0 Å². The van der Waals surface area contributed by atoms with Gasteiger partial charge in [-0.3, -0.25) is 34.6 Å². The van der Waals surface area contributed by atoms with Gasteiger partial charge in [-0.05, 0) is 42.5 Å². The first-order valence-electron chi connectivity index (χ1n) is 16.0. The van der Waals surface area contributed by atoms with Crippen molar-refractivity contribution in [3.63, 3.8) is 0 Å². The van der Waals surface area contributed by atoms with Crippen molar-refractivity contribution in [2.45, 2.75) is 0 Å². The smallest absolute Gasteiger partial charge is 0.299 e. The van der Waals surface area contributed by atoms with Crippen LogP contribution in [0.1, 0.15) is 20.7 Å². The first-order valence-corrected chi connectivity index (χ1v) is 16.0. The SMILES string of the molecule is O=C(C(=O)N1CCN(C(=O)c2ccccc2)CC1)c1c[nH]c2c(-c3ccco3)ccc(OCCOCCNc3c([N+](=O)[O-])cccc3[N+](=O)[O-])c12. The van der Waals surface area contributed by atoms with Gasteiger partial charge in [0.2, 0.25) is 0 Å². The highest BCUT2D eigenvalue weighted by Gasteiger charge is 2.31. The first-order chi connectivity index (χ1) is 24.7.